The number of benzene rings is 2. The van der Waals surface area contributed by atoms with Crippen LogP contribution in [0, 0.1) is 6.92 Å². The Bertz CT molecular complexity index is 763. The summed E-state index contributed by atoms with van der Waals surface area (Å²) >= 11 is 17.7. The first kappa shape index (κ1) is 17.6. The predicted octanol–water partition coefficient (Wildman–Crippen LogP) is 4.92. The van der Waals surface area contributed by atoms with Gasteiger partial charge in [0.25, 0.3) is 0 Å². The van der Waals surface area contributed by atoms with Crippen molar-refractivity contribution >= 4 is 58.0 Å². The minimum atomic E-state index is -0.482. The maximum atomic E-state index is 11.9. The van der Waals surface area contributed by atoms with E-state index in [4.69, 9.17) is 34.8 Å². The molecule has 0 aliphatic carbocycles. The van der Waals surface area contributed by atoms with Crippen molar-refractivity contribution in [1.82, 2.24) is 0 Å². The van der Waals surface area contributed by atoms with E-state index in [1.165, 1.54) is 6.07 Å². The lowest BCUT2D eigenvalue weighted by Gasteiger charge is -2.09. The lowest BCUT2D eigenvalue weighted by molar-refractivity contribution is -0.123. The van der Waals surface area contributed by atoms with Gasteiger partial charge >= 0.3 is 0 Å². The van der Waals surface area contributed by atoms with Gasteiger partial charge in [0.05, 0.1) is 10.7 Å². The van der Waals surface area contributed by atoms with E-state index in [0.29, 0.717) is 26.4 Å². The Morgan fingerprint density at radius 1 is 0.913 bits per heavy atom. The average molecular weight is 372 g/mol. The molecule has 0 heterocycles. The predicted molar refractivity (Wildman–Crippen MR) is 94.5 cm³/mol. The Morgan fingerprint density at radius 2 is 1.61 bits per heavy atom. The number of aryl methyl sites for hydroxylation is 1. The second-order valence-corrected chi connectivity index (χ2v) is 6.11. The molecule has 4 nitrogen and oxygen atoms in total. The average Bonchev–Trinajstić information content (AvgIpc) is 2.46. The van der Waals surface area contributed by atoms with Crippen LogP contribution in [0.15, 0.2) is 36.4 Å². The van der Waals surface area contributed by atoms with Gasteiger partial charge in [-0.05, 0) is 42.8 Å². The van der Waals surface area contributed by atoms with Crippen LogP contribution in [0.4, 0.5) is 11.4 Å². The maximum absolute atomic E-state index is 11.9. The third kappa shape index (κ3) is 5.13. The summed E-state index contributed by atoms with van der Waals surface area (Å²) in [5.74, 6) is -0.933. The van der Waals surface area contributed by atoms with Crippen molar-refractivity contribution < 1.29 is 9.59 Å². The fraction of sp³-hybridized carbons (Fsp3) is 0.125. The molecule has 0 bridgehead atoms. The molecule has 2 rings (SSSR count). The summed E-state index contributed by atoms with van der Waals surface area (Å²) in [6.45, 7) is 1.86. The maximum Gasteiger partial charge on any atom is 0.233 e. The van der Waals surface area contributed by atoms with Gasteiger partial charge in [0.1, 0.15) is 6.42 Å². The molecular formula is C16H13Cl3N2O2. The van der Waals surface area contributed by atoms with Crippen molar-refractivity contribution in [2.24, 2.45) is 0 Å². The number of rotatable bonds is 4. The van der Waals surface area contributed by atoms with E-state index in [1.54, 1.807) is 30.3 Å². The van der Waals surface area contributed by atoms with Crippen molar-refractivity contribution in [2.45, 2.75) is 13.3 Å². The zero-order valence-corrected chi connectivity index (χ0v) is 14.4. The van der Waals surface area contributed by atoms with Crippen LogP contribution in [0.1, 0.15) is 12.0 Å². The van der Waals surface area contributed by atoms with Gasteiger partial charge in [-0.25, -0.2) is 0 Å². The van der Waals surface area contributed by atoms with E-state index in [2.05, 4.69) is 10.6 Å². The van der Waals surface area contributed by atoms with Gasteiger partial charge in [0.15, 0.2) is 0 Å². The Labute approximate surface area is 148 Å². The van der Waals surface area contributed by atoms with Crippen LogP contribution >= 0.6 is 34.8 Å². The highest BCUT2D eigenvalue weighted by Gasteiger charge is 2.12. The van der Waals surface area contributed by atoms with Crippen molar-refractivity contribution in [3.63, 3.8) is 0 Å². The molecule has 0 aliphatic rings. The van der Waals surface area contributed by atoms with Crippen molar-refractivity contribution in [1.29, 1.82) is 0 Å². The molecular weight excluding hydrogens is 359 g/mol. The molecule has 0 unspecified atom stereocenters. The molecule has 0 aliphatic heterocycles. The van der Waals surface area contributed by atoms with Gasteiger partial charge in [0, 0.05) is 15.7 Å². The van der Waals surface area contributed by atoms with Gasteiger partial charge in [-0.3, -0.25) is 9.59 Å². The summed E-state index contributed by atoms with van der Waals surface area (Å²) in [5.41, 5.74) is 1.83. The minimum absolute atomic E-state index is 0.302. The molecule has 2 aromatic carbocycles. The van der Waals surface area contributed by atoms with Crippen LogP contribution in [-0.4, -0.2) is 11.8 Å². The molecule has 0 saturated carbocycles. The van der Waals surface area contributed by atoms with Crippen LogP contribution in [-0.2, 0) is 9.59 Å². The van der Waals surface area contributed by atoms with Crippen molar-refractivity contribution in [3.8, 4) is 0 Å². The zero-order chi connectivity index (χ0) is 17.0. The molecule has 2 aromatic rings. The van der Waals surface area contributed by atoms with Crippen LogP contribution in [0.5, 0.6) is 0 Å². The molecule has 0 aromatic heterocycles. The summed E-state index contributed by atoms with van der Waals surface area (Å²) in [6.07, 6.45) is -0.343. The van der Waals surface area contributed by atoms with Crippen LogP contribution in [0.25, 0.3) is 0 Å². The number of anilines is 2. The van der Waals surface area contributed by atoms with Crippen molar-refractivity contribution in [2.75, 3.05) is 10.6 Å². The van der Waals surface area contributed by atoms with Crippen LogP contribution in [0.2, 0.25) is 15.1 Å². The molecule has 0 fully saturated rings. The number of amides is 2. The number of hydrogen-bond donors (Lipinski definition) is 2. The van der Waals surface area contributed by atoms with Gasteiger partial charge in [0.2, 0.25) is 11.8 Å². The molecule has 23 heavy (non-hydrogen) atoms. The fourth-order valence-corrected chi connectivity index (χ4v) is 2.44. The lowest BCUT2D eigenvalue weighted by Crippen LogP contribution is -2.21. The van der Waals surface area contributed by atoms with E-state index in [-0.39, 0.29) is 6.42 Å². The molecule has 0 spiro atoms. The summed E-state index contributed by atoms with van der Waals surface area (Å²) in [6, 6.07) is 9.80. The van der Waals surface area contributed by atoms with E-state index in [1.807, 2.05) is 6.92 Å². The number of carbonyl (C=O) groups excluding carboxylic acids is 2. The summed E-state index contributed by atoms with van der Waals surface area (Å²) in [7, 11) is 0. The highest BCUT2D eigenvalue weighted by atomic mass is 35.5. The Balaban J connectivity index is 1.94. The molecule has 2 amide bonds. The molecule has 120 valence electrons. The largest absolute Gasteiger partial charge is 0.326 e. The monoisotopic (exact) mass is 370 g/mol. The van der Waals surface area contributed by atoms with Crippen molar-refractivity contribution in [3.05, 3.63) is 57.0 Å². The third-order valence-electron chi connectivity index (χ3n) is 2.98. The molecule has 0 saturated heterocycles. The SMILES string of the molecule is Cc1ccc(NC(=O)CC(=O)Nc2ccc(Cl)cc2Cl)cc1Cl. The quantitative estimate of drug-likeness (QED) is 0.749. The third-order valence-corrected chi connectivity index (χ3v) is 3.94. The van der Waals surface area contributed by atoms with E-state index in [9.17, 15) is 9.59 Å². The smallest absolute Gasteiger partial charge is 0.233 e. The van der Waals surface area contributed by atoms with E-state index < -0.39 is 11.8 Å². The first-order valence-corrected chi connectivity index (χ1v) is 7.79. The zero-order valence-electron chi connectivity index (χ0n) is 12.1. The second-order valence-electron chi connectivity index (χ2n) is 4.86. The standard InChI is InChI=1S/C16H13Cl3N2O2/c1-9-2-4-11(7-12(9)18)20-15(22)8-16(23)21-14-5-3-10(17)6-13(14)19/h2-7H,8H2,1H3,(H,20,22)(H,21,23). The number of carbonyl (C=O) groups is 2. The Kier molecular flexibility index (Phi) is 5.88. The summed E-state index contributed by atoms with van der Waals surface area (Å²) in [4.78, 5) is 23.8. The fourth-order valence-electron chi connectivity index (χ4n) is 1.81. The van der Waals surface area contributed by atoms with Crippen LogP contribution in [0.3, 0.4) is 0 Å². The lowest BCUT2D eigenvalue weighted by atomic mass is 10.2. The van der Waals surface area contributed by atoms with E-state index in [0.717, 1.165) is 5.56 Å². The van der Waals surface area contributed by atoms with Gasteiger partial charge < -0.3 is 10.6 Å². The Morgan fingerprint density at radius 3 is 2.26 bits per heavy atom. The molecule has 7 heteroatoms. The normalized spacial score (nSPS) is 10.3. The number of halogens is 3. The minimum Gasteiger partial charge on any atom is -0.326 e. The van der Waals surface area contributed by atoms with E-state index >= 15 is 0 Å². The molecule has 0 atom stereocenters. The number of hydrogen-bond acceptors (Lipinski definition) is 2. The van der Waals surface area contributed by atoms with Gasteiger partial charge in [-0.15, -0.1) is 0 Å². The summed E-state index contributed by atoms with van der Waals surface area (Å²) in [5, 5.41) is 6.47. The Hall–Kier alpha value is -1.75. The van der Waals surface area contributed by atoms with Gasteiger partial charge in [-0.1, -0.05) is 40.9 Å². The first-order valence-electron chi connectivity index (χ1n) is 6.66. The first-order chi connectivity index (χ1) is 10.8. The number of nitrogens with one attached hydrogen (secondary N) is 2. The second kappa shape index (κ2) is 7.68. The molecule has 2 N–H and O–H groups in total. The summed E-state index contributed by atoms with van der Waals surface area (Å²) < 4.78 is 0. The topological polar surface area (TPSA) is 58.2 Å². The highest BCUT2D eigenvalue weighted by Crippen LogP contribution is 2.25. The van der Waals surface area contributed by atoms with Crippen LogP contribution < -0.4 is 10.6 Å². The molecule has 0 radical (unpaired) electrons. The highest BCUT2D eigenvalue weighted by molar-refractivity contribution is 6.36. The van der Waals surface area contributed by atoms with Gasteiger partial charge in [-0.2, -0.15) is 0 Å².